The van der Waals surface area contributed by atoms with Gasteiger partial charge in [-0.25, -0.2) is 13.8 Å². The lowest BCUT2D eigenvalue weighted by Gasteiger charge is -2.25. The van der Waals surface area contributed by atoms with Gasteiger partial charge < -0.3 is 9.64 Å². The molecule has 0 saturated carbocycles. The van der Waals surface area contributed by atoms with Crippen LogP contribution in [0.3, 0.4) is 0 Å². The van der Waals surface area contributed by atoms with Gasteiger partial charge in [0.25, 0.3) is 15.9 Å². The molecule has 0 atom stereocenters. The Bertz CT molecular complexity index is 1280. The highest BCUT2D eigenvalue weighted by atomic mass is 35.5. The van der Waals surface area contributed by atoms with Crippen LogP contribution in [0.25, 0.3) is 0 Å². The minimum Gasteiger partial charge on any atom is -0.492 e. The topological polar surface area (TPSA) is 91.3 Å². The molecule has 0 saturated heterocycles. The molecule has 3 rings (SSSR count). The summed E-state index contributed by atoms with van der Waals surface area (Å²) in [7, 11) is -0.237. The number of nitrogens with one attached hydrogen (secondary N) is 1. The van der Waals surface area contributed by atoms with Gasteiger partial charge in [-0.2, -0.15) is 5.10 Å². The average Bonchev–Trinajstić information content (AvgIpc) is 2.84. The van der Waals surface area contributed by atoms with Crippen LogP contribution < -0.4 is 19.4 Å². The Morgan fingerprint density at radius 1 is 1.03 bits per heavy atom. The van der Waals surface area contributed by atoms with Gasteiger partial charge in [-0.15, -0.1) is 0 Å². The first-order valence-corrected chi connectivity index (χ1v) is 12.6. The Morgan fingerprint density at radius 2 is 1.69 bits per heavy atom. The minimum atomic E-state index is -4.12. The van der Waals surface area contributed by atoms with Crippen molar-refractivity contribution >= 4 is 45.1 Å². The summed E-state index contributed by atoms with van der Waals surface area (Å²) in [5.74, 6) is -0.278. The zero-order valence-electron chi connectivity index (χ0n) is 19.7. The minimum absolute atomic E-state index is 0.00881. The van der Waals surface area contributed by atoms with Gasteiger partial charge in [0.05, 0.1) is 23.4 Å². The lowest BCUT2D eigenvalue weighted by Crippen LogP contribution is -2.39. The average molecular weight is 515 g/mol. The number of carbonyl (C=O) groups excluding carboxylic acids is 1. The van der Waals surface area contributed by atoms with E-state index < -0.39 is 22.5 Å². The van der Waals surface area contributed by atoms with Crippen LogP contribution in [0.2, 0.25) is 5.02 Å². The quantitative estimate of drug-likeness (QED) is 0.324. The van der Waals surface area contributed by atoms with Gasteiger partial charge in [0, 0.05) is 24.8 Å². The summed E-state index contributed by atoms with van der Waals surface area (Å²) in [6, 6.07) is 20.0. The molecule has 3 aromatic carbocycles. The third-order valence-corrected chi connectivity index (χ3v) is 6.96. The van der Waals surface area contributed by atoms with Crippen molar-refractivity contribution in [1.29, 1.82) is 0 Å². The second kappa shape index (κ2) is 11.7. The fourth-order valence-electron chi connectivity index (χ4n) is 3.18. The van der Waals surface area contributed by atoms with E-state index in [1.165, 1.54) is 30.5 Å². The van der Waals surface area contributed by atoms with E-state index in [-0.39, 0.29) is 10.6 Å². The summed E-state index contributed by atoms with van der Waals surface area (Å²) in [4.78, 5) is 14.7. The molecule has 0 unspecified atom stereocenters. The Labute approximate surface area is 210 Å². The third kappa shape index (κ3) is 6.74. The number of hydrogen-bond acceptors (Lipinski definition) is 6. The van der Waals surface area contributed by atoms with Gasteiger partial charge in [0.2, 0.25) is 0 Å². The van der Waals surface area contributed by atoms with Crippen LogP contribution in [-0.2, 0) is 14.8 Å². The Hall–Kier alpha value is -3.56. The van der Waals surface area contributed by atoms with Crippen LogP contribution in [0, 0.1) is 0 Å². The predicted octanol–water partition coefficient (Wildman–Crippen LogP) is 4.15. The number of hydrazone groups is 1. The molecule has 0 radical (unpaired) electrons. The molecule has 8 nitrogen and oxygen atoms in total. The van der Waals surface area contributed by atoms with Crippen LogP contribution in [0.4, 0.5) is 11.4 Å². The second-order valence-electron chi connectivity index (χ2n) is 7.65. The highest BCUT2D eigenvalue weighted by Crippen LogP contribution is 2.32. The smallest absolute Gasteiger partial charge is 0.264 e. The number of ether oxygens (including phenoxy) is 1. The Morgan fingerprint density at radius 3 is 2.31 bits per heavy atom. The van der Waals surface area contributed by atoms with Gasteiger partial charge in [0.1, 0.15) is 12.3 Å². The van der Waals surface area contributed by atoms with Crippen LogP contribution in [0.1, 0.15) is 12.5 Å². The maximum absolute atomic E-state index is 13.5. The predicted molar refractivity (Wildman–Crippen MR) is 140 cm³/mol. The van der Waals surface area contributed by atoms with Crippen molar-refractivity contribution in [2.75, 3.05) is 36.5 Å². The molecule has 3 aromatic rings. The van der Waals surface area contributed by atoms with E-state index in [2.05, 4.69) is 10.5 Å². The van der Waals surface area contributed by atoms with E-state index in [9.17, 15) is 13.2 Å². The molecule has 0 bridgehead atoms. The number of amides is 1. The standard InChI is InChI=1S/C25H27ClN4O4S/c1-4-34-24-8-6-5-7-23(24)30(35(32,33)22-15-11-20(26)12-16-22)18-25(31)28-27-17-19-9-13-21(14-10-19)29(2)3/h5-17H,4,18H2,1-3H3,(H,28,31)/b27-17-. The third-order valence-electron chi connectivity index (χ3n) is 4.93. The zero-order chi connectivity index (χ0) is 25.4. The molecule has 1 amide bonds. The summed E-state index contributed by atoms with van der Waals surface area (Å²) < 4.78 is 33.7. The summed E-state index contributed by atoms with van der Waals surface area (Å²) in [6.07, 6.45) is 1.49. The lowest BCUT2D eigenvalue weighted by molar-refractivity contribution is -0.119. The van der Waals surface area contributed by atoms with Crippen molar-refractivity contribution in [3.8, 4) is 5.75 Å². The number of carbonyl (C=O) groups is 1. The highest BCUT2D eigenvalue weighted by Gasteiger charge is 2.29. The molecule has 184 valence electrons. The number of sulfonamides is 1. The van der Waals surface area contributed by atoms with Gasteiger partial charge in [-0.1, -0.05) is 35.9 Å². The van der Waals surface area contributed by atoms with Crippen LogP contribution in [0.5, 0.6) is 5.75 Å². The van der Waals surface area contributed by atoms with Crippen molar-refractivity contribution in [2.24, 2.45) is 5.10 Å². The van der Waals surface area contributed by atoms with Crippen LogP contribution in [-0.4, -0.2) is 47.8 Å². The first kappa shape index (κ1) is 26.1. The molecule has 1 N–H and O–H groups in total. The molecule has 0 spiro atoms. The highest BCUT2D eigenvalue weighted by molar-refractivity contribution is 7.92. The van der Waals surface area contributed by atoms with Gasteiger partial charge in [0.15, 0.2) is 0 Å². The Kier molecular flexibility index (Phi) is 8.73. The van der Waals surface area contributed by atoms with Crippen molar-refractivity contribution in [1.82, 2.24) is 5.43 Å². The van der Waals surface area contributed by atoms with Gasteiger partial charge in [-0.05, 0) is 61.0 Å². The van der Waals surface area contributed by atoms with Crippen molar-refractivity contribution in [2.45, 2.75) is 11.8 Å². The summed E-state index contributed by atoms with van der Waals surface area (Å²) in [6.45, 7) is 1.61. The van der Waals surface area contributed by atoms with Gasteiger partial charge in [-0.3, -0.25) is 9.10 Å². The van der Waals surface area contributed by atoms with Gasteiger partial charge >= 0.3 is 0 Å². The number of halogens is 1. The molecule has 10 heteroatoms. The van der Waals surface area contributed by atoms with E-state index in [4.69, 9.17) is 16.3 Å². The van der Waals surface area contributed by atoms with E-state index in [0.29, 0.717) is 17.4 Å². The zero-order valence-corrected chi connectivity index (χ0v) is 21.3. The molecule has 0 fully saturated rings. The molecule has 0 aliphatic rings. The summed E-state index contributed by atoms with van der Waals surface area (Å²) in [5, 5.41) is 4.38. The monoisotopic (exact) mass is 514 g/mol. The normalized spacial score (nSPS) is 11.3. The van der Waals surface area contributed by atoms with Crippen LogP contribution >= 0.6 is 11.6 Å². The van der Waals surface area contributed by atoms with Crippen molar-refractivity contribution in [3.63, 3.8) is 0 Å². The van der Waals surface area contributed by atoms with E-state index in [1.807, 2.05) is 43.3 Å². The fraction of sp³-hybridized carbons (Fsp3) is 0.200. The maximum atomic E-state index is 13.5. The largest absolute Gasteiger partial charge is 0.492 e. The first-order chi connectivity index (χ1) is 16.7. The fourth-order valence-corrected chi connectivity index (χ4v) is 4.73. The molecule has 35 heavy (non-hydrogen) atoms. The molecule has 0 aliphatic heterocycles. The van der Waals surface area contributed by atoms with E-state index in [0.717, 1.165) is 15.6 Å². The summed E-state index contributed by atoms with van der Waals surface area (Å²) >= 11 is 5.93. The summed E-state index contributed by atoms with van der Waals surface area (Å²) in [5.41, 5.74) is 4.45. The number of anilines is 2. The molecular weight excluding hydrogens is 488 g/mol. The lowest BCUT2D eigenvalue weighted by atomic mass is 10.2. The second-order valence-corrected chi connectivity index (χ2v) is 9.94. The molecule has 0 heterocycles. The van der Waals surface area contributed by atoms with Crippen molar-refractivity contribution in [3.05, 3.63) is 83.4 Å². The Balaban J connectivity index is 1.85. The van der Waals surface area contributed by atoms with E-state index >= 15 is 0 Å². The molecule has 0 aliphatic carbocycles. The molecule has 0 aromatic heterocycles. The van der Waals surface area contributed by atoms with Crippen LogP contribution in [0.15, 0.2) is 82.8 Å². The van der Waals surface area contributed by atoms with Crippen molar-refractivity contribution < 1.29 is 17.9 Å². The first-order valence-electron chi connectivity index (χ1n) is 10.8. The number of rotatable bonds is 10. The number of nitrogens with zero attached hydrogens (tertiary/aromatic N) is 3. The van der Waals surface area contributed by atoms with E-state index in [1.54, 1.807) is 31.2 Å². The number of para-hydroxylation sites is 2. The maximum Gasteiger partial charge on any atom is 0.264 e. The SMILES string of the molecule is CCOc1ccccc1N(CC(=O)N/N=C\c1ccc(N(C)C)cc1)S(=O)(=O)c1ccc(Cl)cc1. The number of hydrogen-bond donors (Lipinski definition) is 1. The number of benzene rings is 3. The molecular formula is C25H27ClN4O4S.